The predicted octanol–water partition coefficient (Wildman–Crippen LogP) is 3.21. The van der Waals surface area contributed by atoms with Gasteiger partial charge in [-0.15, -0.1) is 0 Å². The molecule has 0 aliphatic rings. The Morgan fingerprint density at radius 2 is 1.52 bits per heavy atom. The van der Waals surface area contributed by atoms with Crippen LogP contribution in [0.5, 0.6) is 11.5 Å². The first kappa shape index (κ1) is 18.0. The maximum Gasteiger partial charge on any atom is 0.122 e. The normalized spacial score (nSPS) is 10.4. The third-order valence-corrected chi connectivity index (χ3v) is 4.06. The highest BCUT2D eigenvalue weighted by atomic mass is 16.5. The van der Waals surface area contributed by atoms with Crippen LogP contribution in [0, 0.1) is 10.8 Å². The van der Waals surface area contributed by atoms with Crippen LogP contribution >= 0.6 is 0 Å². The van der Waals surface area contributed by atoms with Gasteiger partial charge in [0.1, 0.15) is 29.8 Å². The van der Waals surface area contributed by atoms with Crippen LogP contribution in [0.3, 0.4) is 0 Å². The molecule has 3 aromatic carbocycles. The topological polar surface area (TPSA) is 129 Å². The van der Waals surface area contributed by atoms with Gasteiger partial charge in [-0.05, 0) is 47.0 Å². The van der Waals surface area contributed by atoms with Crippen molar-refractivity contribution in [2.24, 2.45) is 11.5 Å². The van der Waals surface area contributed by atoms with Gasteiger partial charge in [0, 0.05) is 11.1 Å². The van der Waals surface area contributed by atoms with Gasteiger partial charge in [-0.3, -0.25) is 10.8 Å². The van der Waals surface area contributed by atoms with Crippen LogP contribution in [-0.2, 0) is 6.61 Å². The van der Waals surface area contributed by atoms with Crippen molar-refractivity contribution >= 4 is 11.7 Å². The van der Waals surface area contributed by atoms with Crippen molar-refractivity contribution in [2.75, 3.05) is 0 Å². The number of hydrogen-bond acceptors (Lipinski definition) is 4. The van der Waals surface area contributed by atoms with E-state index in [4.69, 9.17) is 27.0 Å². The quantitative estimate of drug-likeness (QED) is 0.341. The van der Waals surface area contributed by atoms with Crippen molar-refractivity contribution < 1.29 is 9.84 Å². The van der Waals surface area contributed by atoms with E-state index in [1.165, 1.54) is 0 Å². The first-order valence-corrected chi connectivity index (χ1v) is 8.27. The summed E-state index contributed by atoms with van der Waals surface area (Å²) in [5.74, 6) is 0.728. The maximum atomic E-state index is 10.1. The van der Waals surface area contributed by atoms with E-state index >= 15 is 0 Å². The summed E-state index contributed by atoms with van der Waals surface area (Å²) in [6.45, 7) is 0.258. The lowest BCUT2D eigenvalue weighted by Gasteiger charge is -2.10. The molecule has 3 rings (SSSR count). The summed E-state index contributed by atoms with van der Waals surface area (Å²) in [6.07, 6.45) is 0. The van der Waals surface area contributed by atoms with Gasteiger partial charge in [0.25, 0.3) is 0 Å². The molecule has 0 aromatic heterocycles. The maximum absolute atomic E-state index is 10.1. The van der Waals surface area contributed by atoms with E-state index in [0.29, 0.717) is 16.9 Å². The fourth-order valence-corrected chi connectivity index (χ4v) is 2.69. The number of amidine groups is 2. The highest BCUT2D eigenvalue weighted by molar-refractivity contribution is 5.95. The van der Waals surface area contributed by atoms with Crippen LogP contribution in [0.1, 0.15) is 16.7 Å². The molecule has 0 amide bonds. The molecular formula is C21H20N4O2. The summed E-state index contributed by atoms with van der Waals surface area (Å²) in [5.41, 5.74) is 14.7. The Bertz CT molecular complexity index is 997. The molecular weight excluding hydrogens is 340 g/mol. The molecule has 0 atom stereocenters. The van der Waals surface area contributed by atoms with E-state index < -0.39 is 0 Å². The van der Waals surface area contributed by atoms with Crippen molar-refractivity contribution in [3.8, 4) is 22.6 Å². The second-order valence-corrected chi connectivity index (χ2v) is 6.11. The molecule has 6 heteroatoms. The number of aromatic hydroxyl groups is 1. The zero-order valence-electron chi connectivity index (χ0n) is 14.6. The summed E-state index contributed by atoms with van der Waals surface area (Å²) in [4.78, 5) is 0. The summed E-state index contributed by atoms with van der Waals surface area (Å²) in [7, 11) is 0. The van der Waals surface area contributed by atoms with E-state index in [2.05, 4.69) is 0 Å². The monoisotopic (exact) mass is 360 g/mol. The Morgan fingerprint density at radius 3 is 2.19 bits per heavy atom. The largest absolute Gasteiger partial charge is 0.508 e. The Labute approximate surface area is 157 Å². The summed E-state index contributed by atoms with van der Waals surface area (Å²) in [6, 6.07) is 19.5. The minimum absolute atomic E-state index is 0.0133. The van der Waals surface area contributed by atoms with Crippen LogP contribution in [0.2, 0.25) is 0 Å². The Balaban J connectivity index is 1.80. The van der Waals surface area contributed by atoms with Gasteiger partial charge in [0.2, 0.25) is 0 Å². The lowest BCUT2D eigenvalue weighted by atomic mass is 10.0. The summed E-state index contributed by atoms with van der Waals surface area (Å²) >= 11 is 0. The van der Waals surface area contributed by atoms with E-state index in [-0.39, 0.29) is 24.0 Å². The molecule has 0 radical (unpaired) electrons. The van der Waals surface area contributed by atoms with Gasteiger partial charge in [0.05, 0.1) is 0 Å². The van der Waals surface area contributed by atoms with E-state index in [1.54, 1.807) is 48.5 Å². The number of benzene rings is 3. The van der Waals surface area contributed by atoms with Gasteiger partial charge >= 0.3 is 0 Å². The third-order valence-electron chi connectivity index (χ3n) is 4.06. The van der Waals surface area contributed by atoms with Crippen molar-refractivity contribution in [1.82, 2.24) is 0 Å². The summed E-state index contributed by atoms with van der Waals surface area (Å²) < 4.78 is 5.77. The zero-order chi connectivity index (χ0) is 19.4. The van der Waals surface area contributed by atoms with Crippen LogP contribution in [0.4, 0.5) is 0 Å². The molecule has 0 heterocycles. The Hall–Kier alpha value is -3.80. The van der Waals surface area contributed by atoms with Crippen molar-refractivity contribution in [1.29, 1.82) is 10.8 Å². The number of hydrogen-bond donors (Lipinski definition) is 5. The van der Waals surface area contributed by atoms with Crippen LogP contribution < -0.4 is 16.2 Å². The number of phenolic OH excluding ortho intramolecular Hbond substituents is 1. The number of phenols is 1. The SMILES string of the molecule is N=C(N)c1ccc(-c2cc(O)cc(COc3cccc(C(=N)N)c3)c2)cc1. The molecule has 136 valence electrons. The minimum atomic E-state index is -0.0194. The number of nitrogen functional groups attached to an aromatic ring is 2. The minimum Gasteiger partial charge on any atom is -0.508 e. The van der Waals surface area contributed by atoms with Gasteiger partial charge in [-0.25, -0.2) is 0 Å². The van der Waals surface area contributed by atoms with Crippen LogP contribution in [0.15, 0.2) is 66.7 Å². The standard InChI is InChI=1S/C21H20N4O2/c22-20(23)15-6-4-14(5-7-15)17-8-13(9-18(26)10-17)12-27-19-3-1-2-16(11-19)21(24)25/h1-11,26H,12H2,(H3,22,23)(H3,24,25). The molecule has 0 saturated carbocycles. The number of nitrogens with two attached hydrogens (primary N) is 2. The second kappa shape index (κ2) is 7.61. The number of rotatable bonds is 6. The average Bonchev–Trinajstić information content (AvgIpc) is 2.66. The first-order chi connectivity index (χ1) is 12.9. The first-order valence-electron chi connectivity index (χ1n) is 8.27. The number of ether oxygens (including phenoxy) is 1. The molecule has 0 saturated heterocycles. The molecule has 0 aliphatic carbocycles. The molecule has 7 N–H and O–H groups in total. The lowest BCUT2D eigenvalue weighted by Crippen LogP contribution is -2.10. The van der Waals surface area contributed by atoms with Crippen molar-refractivity contribution in [3.63, 3.8) is 0 Å². The fourth-order valence-electron chi connectivity index (χ4n) is 2.69. The molecule has 0 fully saturated rings. The molecule has 3 aromatic rings. The van der Waals surface area contributed by atoms with Gasteiger partial charge < -0.3 is 21.3 Å². The Morgan fingerprint density at radius 1 is 0.815 bits per heavy atom. The fraction of sp³-hybridized carbons (Fsp3) is 0.0476. The van der Waals surface area contributed by atoms with Crippen LogP contribution in [-0.4, -0.2) is 16.8 Å². The second-order valence-electron chi connectivity index (χ2n) is 6.11. The predicted molar refractivity (Wildman–Crippen MR) is 106 cm³/mol. The average molecular weight is 360 g/mol. The zero-order valence-corrected chi connectivity index (χ0v) is 14.6. The van der Waals surface area contributed by atoms with Gasteiger partial charge in [-0.2, -0.15) is 0 Å². The van der Waals surface area contributed by atoms with E-state index in [1.807, 2.05) is 18.2 Å². The molecule has 27 heavy (non-hydrogen) atoms. The third kappa shape index (κ3) is 4.43. The molecule has 0 spiro atoms. The van der Waals surface area contributed by atoms with Gasteiger partial charge in [0.15, 0.2) is 0 Å². The molecule has 0 unspecified atom stereocenters. The molecule has 0 bridgehead atoms. The lowest BCUT2D eigenvalue weighted by molar-refractivity contribution is 0.305. The van der Waals surface area contributed by atoms with E-state index in [0.717, 1.165) is 16.7 Å². The van der Waals surface area contributed by atoms with Gasteiger partial charge in [-0.1, -0.05) is 36.4 Å². The number of nitrogens with one attached hydrogen (secondary N) is 2. The smallest absolute Gasteiger partial charge is 0.122 e. The summed E-state index contributed by atoms with van der Waals surface area (Å²) in [5, 5.41) is 25.0. The highest BCUT2D eigenvalue weighted by Crippen LogP contribution is 2.27. The molecule has 6 nitrogen and oxygen atoms in total. The molecule has 0 aliphatic heterocycles. The van der Waals surface area contributed by atoms with E-state index in [9.17, 15) is 5.11 Å². The highest BCUT2D eigenvalue weighted by Gasteiger charge is 2.06. The van der Waals surface area contributed by atoms with Crippen molar-refractivity contribution in [2.45, 2.75) is 6.61 Å². The van der Waals surface area contributed by atoms with Crippen LogP contribution in [0.25, 0.3) is 11.1 Å². The van der Waals surface area contributed by atoms with Crippen molar-refractivity contribution in [3.05, 3.63) is 83.4 Å². The Kier molecular flexibility index (Phi) is 5.08.